The number of methoxy groups -OCH3 is 1. The van der Waals surface area contributed by atoms with Crippen molar-refractivity contribution in [3.8, 4) is 17.2 Å². The standard InChI is InChI=1S/C38H43N3O6S/c1-46-35-20-12-15-30(25-35)27-40(36(26-29-13-6-3-7-14-29)38(43)39-31-16-8-4-9-17-31)37(42)28-41(48(2,44)45)32-21-23-34(24-22-32)47-33-18-10-5-11-19-33/h3,5-7,10-15,18-25,31,36H,4,8-9,16-17,26-28H2,1-2H3,(H,39,43)/t36-/m1/s1. The zero-order valence-electron chi connectivity index (χ0n) is 27.5. The van der Waals surface area contributed by atoms with Gasteiger partial charge in [-0.1, -0.05) is 79.9 Å². The number of hydrogen-bond donors (Lipinski definition) is 1. The van der Waals surface area contributed by atoms with Crippen molar-refractivity contribution in [2.24, 2.45) is 0 Å². The largest absolute Gasteiger partial charge is 0.497 e. The quantitative estimate of drug-likeness (QED) is 0.168. The summed E-state index contributed by atoms with van der Waals surface area (Å²) < 4.78 is 38.8. The number of ether oxygens (including phenoxy) is 2. The van der Waals surface area contributed by atoms with Crippen LogP contribution in [-0.2, 0) is 32.6 Å². The highest BCUT2D eigenvalue weighted by molar-refractivity contribution is 7.92. The maximum Gasteiger partial charge on any atom is 0.244 e. The highest BCUT2D eigenvalue weighted by Gasteiger charge is 2.34. The van der Waals surface area contributed by atoms with Crippen molar-refractivity contribution < 1.29 is 27.5 Å². The van der Waals surface area contributed by atoms with Crippen molar-refractivity contribution in [3.63, 3.8) is 0 Å². The van der Waals surface area contributed by atoms with Gasteiger partial charge in [-0.15, -0.1) is 0 Å². The number of carbonyl (C=O) groups excluding carboxylic acids is 2. The molecule has 1 fully saturated rings. The smallest absolute Gasteiger partial charge is 0.244 e. The lowest BCUT2D eigenvalue weighted by atomic mass is 9.94. The molecule has 9 nitrogen and oxygen atoms in total. The van der Waals surface area contributed by atoms with Crippen LogP contribution in [0.2, 0.25) is 0 Å². The number of anilines is 1. The van der Waals surface area contributed by atoms with E-state index in [2.05, 4.69) is 5.32 Å². The van der Waals surface area contributed by atoms with Crippen molar-refractivity contribution in [3.05, 3.63) is 120 Å². The monoisotopic (exact) mass is 669 g/mol. The Labute approximate surface area is 283 Å². The number of benzene rings is 4. The van der Waals surface area contributed by atoms with Crippen molar-refractivity contribution in [2.45, 2.75) is 57.2 Å². The van der Waals surface area contributed by atoms with Crippen molar-refractivity contribution in [2.75, 3.05) is 24.2 Å². The van der Waals surface area contributed by atoms with Gasteiger partial charge in [-0.05, 0) is 72.5 Å². The molecule has 0 aliphatic heterocycles. The summed E-state index contributed by atoms with van der Waals surface area (Å²) in [6, 6.07) is 31.8. The first-order valence-corrected chi connectivity index (χ1v) is 18.1. The fourth-order valence-electron chi connectivity index (χ4n) is 5.98. The van der Waals surface area contributed by atoms with Crippen LogP contribution < -0.4 is 19.1 Å². The molecule has 0 aromatic heterocycles. The number of nitrogens with zero attached hydrogens (tertiary/aromatic N) is 2. The van der Waals surface area contributed by atoms with Crippen molar-refractivity contribution in [1.29, 1.82) is 0 Å². The number of carbonyl (C=O) groups is 2. The third-order valence-electron chi connectivity index (χ3n) is 8.49. The molecule has 1 aliphatic rings. The minimum Gasteiger partial charge on any atom is -0.497 e. The molecule has 1 saturated carbocycles. The van der Waals surface area contributed by atoms with Crippen molar-refractivity contribution in [1.82, 2.24) is 10.2 Å². The normalized spacial score (nSPS) is 14.0. The predicted molar refractivity (Wildman–Crippen MR) is 188 cm³/mol. The van der Waals surface area contributed by atoms with E-state index in [-0.39, 0.29) is 24.9 Å². The van der Waals surface area contributed by atoms with E-state index in [1.807, 2.05) is 84.9 Å². The molecule has 4 aromatic rings. The lowest BCUT2D eigenvalue weighted by molar-refractivity contribution is -0.140. The maximum atomic E-state index is 14.5. The zero-order valence-corrected chi connectivity index (χ0v) is 28.3. The molecule has 2 amide bonds. The second-order valence-electron chi connectivity index (χ2n) is 12.1. The van der Waals surface area contributed by atoms with Crippen LogP contribution in [0.15, 0.2) is 109 Å². The minimum absolute atomic E-state index is 0.0300. The van der Waals surface area contributed by atoms with Crippen LogP contribution in [0.5, 0.6) is 17.2 Å². The Morgan fingerprint density at radius 3 is 2.04 bits per heavy atom. The summed E-state index contributed by atoms with van der Waals surface area (Å²) in [4.78, 5) is 30.1. The first-order chi connectivity index (χ1) is 23.2. The van der Waals surface area contributed by atoms with Crippen LogP contribution in [0, 0.1) is 0 Å². The third kappa shape index (κ3) is 9.60. The van der Waals surface area contributed by atoms with Gasteiger partial charge in [0.1, 0.15) is 29.8 Å². The molecule has 5 rings (SSSR count). The van der Waals surface area contributed by atoms with Gasteiger partial charge in [0.2, 0.25) is 21.8 Å². The molecule has 48 heavy (non-hydrogen) atoms. The zero-order chi connectivity index (χ0) is 33.9. The average molecular weight is 670 g/mol. The summed E-state index contributed by atoms with van der Waals surface area (Å²) in [6.07, 6.45) is 6.33. The molecule has 252 valence electrons. The van der Waals surface area contributed by atoms with Gasteiger partial charge in [0.05, 0.1) is 19.1 Å². The van der Waals surface area contributed by atoms with Crippen LogP contribution in [0.1, 0.15) is 43.2 Å². The summed E-state index contributed by atoms with van der Waals surface area (Å²) >= 11 is 0. The van der Waals surface area contributed by atoms with Gasteiger partial charge in [-0.2, -0.15) is 0 Å². The summed E-state index contributed by atoms with van der Waals surface area (Å²) in [6.45, 7) is -0.420. The van der Waals surface area contributed by atoms with E-state index in [0.29, 0.717) is 22.9 Å². The Morgan fingerprint density at radius 2 is 1.40 bits per heavy atom. The molecule has 0 heterocycles. The molecule has 1 aliphatic carbocycles. The van der Waals surface area contributed by atoms with Gasteiger partial charge < -0.3 is 19.7 Å². The van der Waals surface area contributed by atoms with Gasteiger partial charge in [-0.25, -0.2) is 8.42 Å². The van der Waals surface area contributed by atoms with Crippen LogP contribution in [-0.4, -0.2) is 57.1 Å². The van der Waals surface area contributed by atoms with Gasteiger partial charge in [0.15, 0.2) is 0 Å². The Bertz CT molecular complexity index is 1740. The Hall–Kier alpha value is -4.83. The fraction of sp³-hybridized carbons (Fsp3) is 0.316. The molecular weight excluding hydrogens is 627 g/mol. The first-order valence-electron chi connectivity index (χ1n) is 16.3. The molecule has 1 atom stereocenters. The lowest BCUT2D eigenvalue weighted by Crippen LogP contribution is -2.55. The van der Waals surface area contributed by atoms with Gasteiger partial charge in [-0.3, -0.25) is 13.9 Å². The average Bonchev–Trinajstić information content (AvgIpc) is 3.10. The molecule has 0 unspecified atom stereocenters. The summed E-state index contributed by atoms with van der Waals surface area (Å²) in [5.41, 5.74) is 1.94. The number of sulfonamides is 1. The van der Waals surface area contributed by atoms with Crippen LogP contribution in [0.4, 0.5) is 5.69 Å². The SMILES string of the molecule is COc1cccc(CN(C(=O)CN(c2ccc(Oc3ccccc3)cc2)S(C)(=O)=O)[C@H](Cc2ccccc2)C(=O)NC2CCCCC2)c1. The van der Waals surface area contributed by atoms with E-state index in [1.165, 1.54) is 4.90 Å². The number of rotatable bonds is 14. The van der Waals surface area contributed by atoms with E-state index >= 15 is 0 Å². The highest BCUT2D eigenvalue weighted by atomic mass is 32.2. The number of nitrogens with one attached hydrogen (secondary N) is 1. The predicted octanol–water partition coefficient (Wildman–Crippen LogP) is 6.34. The van der Waals surface area contributed by atoms with Gasteiger partial charge in [0.25, 0.3) is 0 Å². The molecule has 4 aromatic carbocycles. The van der Waals surface area contributed by atoms with Crippen LogP contribution in [0.25, 0.3) is 0 Å². The molecule has 0 spiro atoms. The van der Waals surface area contributed by atoms with Crippen molar-refractivity contribution >= 4 is 27.5 Å². The van der Waals surface area contributed by atoms with Gasteiger partial charge in [0, 0.05) is 19.0 Å². The minimum atomic E-state index is -3.90. The van der Waals surface area contributed by atoms with E-state index in [0.717, 1.165) is 53.8 Å². The number of hydrogen-bond acceptors (Lipinski definition) is 6. The Balaban J connectivity index is 1.47. The lowest BCUT2D eigenvalue weighted by Gasteiger charge is -2.35. The Kier molecular flexibility index (Phi) is 11.7. The molecule has 0 radical (unpaired) electrons. The van der Waals surface area contributed by atoms with Crippen LogP contribution in [0.3, 0.4) is 0 Å². The summed E-state index contributed by atoms with van der Waals surface area (Å²) in [5, 5.41) is 3.22. The second kappa shape index (κ2) is 16.3. The third-order valence-corrected chi connectivity index (χ3v) is 9.63. The van der Waals surface area contributed by atoms with E-state index in [4.69, 9.17) is 9.47 Å². The number of amides is 2. The van der Waals surface area contributed by atoms with E-state index in [9.17, 15) is 18.0 Å². The van der Waals surface area contributed by atoms with E-state index < -0.39 is 28.5 Å². The number of para-hydroxylation sites is 1. The first kappa shape index (κ1) is 34.5. The molecule has 0 bridgehead atoms. The molecule has 10 heteroatoms. The maximum absolute atomic E-state index is 14.5. The van der Waals surface area contributed by atoms with E-state index in [1.54, 1.807) is 31.4 Å². The fourth-order valence-corrected chi connectivity index (χ4v) is 6.83. The molecule has 0 saturated heterocycles. The molecular formula is C38H43N3O6S. The highest BCUT2D eigenvalue weighted by Crippen LogP contribution is 2.27. The molecule has 1 N–H and O–H groups in total. The summed E-state index contributed by atoms with van der Waals surface area (Å²) in [5.74, 6) is 1.01. The van der Waals surface area contributed by atoms with Crippen LogP contribution >= 0.6 is 0 Å². The Morgan fingerprint density at radius 1 is 0.792 bits per heavy atom. The topological polar surface area (TPSA) is 105 Å². The summed E-state index contributed by atoms with van der Waals surface area (Å²) in [7, 11) is -2.34. The second-order valence-corrected chi connectivity index (χ2v) is 14.0. The van der Waals surface area contributed by atoms with Gasteiger partial charge >= 0.3 is 0 Å².